The quantitative estimate of drug-likeness (QED) is 0.384. The first kappa shape index (κ1) is 20.2. The van der Waals surface area contributed by atoms with Crippen molar-refractivity contribution in [3.63, 3.8) is 0 Å². The Balaban J connectivity index is 1.53. The summed E-state index contributed by atoms with van der Waals surface area (Å²) in [7, 11) is 3.18. The van der Waals surface area contributed by atoms with Crippen molar-refractivity contribution in [2.75, 3.05) is 14.2 Å². The summed E-state index contributed by atoms with van der Waals surface area (Å²) in [5.41, 5.74) is 5.07. The van der Waals surface area contributed by atoms with E-state index < -0.39 is 0 Å². The number of H-pyrrole nitrogens is 1. The molecule has 8 nitrogen and oxygen atoms in total. The minimum atomic E-state index is -0.182. The Hall–Kier alpha value is -3.72. The largest absolute Gasteiger partial charge is 0.493 e. The van der Waals surface area contributed by atoms with E-state index in [4.69, 9.17) is 18.9 Å². The van der Waals surface area contributed by atoms with Gasteiger partial charge in [0.1, 0.15) is 5.52 Å². The number of para-hydroxylation sites is 2. The Morgan fingerprint density at radius 3 is 2.66 bits per heavy atom. The first-order chi connectivity index (χ1) is 15.6. The Kier molecular flexibility index (Phi) is 5.10. The molecule has 2 aromatic carbocycles. The second-order valence-corrected chi connectivity index (χ2v) is 8.09. The number of fused-ring (bicyclic) bond motifs is 2. The standard InChI is InChI=1S/C23H20N4O4S/c1-13-21(14-8-9-18(29-2)19(10-14)30-3)22-24-15(11-20(28)27(22)26-13)12-32-23-25-16-6-4-5-7-17(16)31-23/h4-11,26H,12H2,1-3H3. The van der Waals surface area contributed by atoms with E-state index in [0.717, 1.165) is 27.9 Å². The third-order valence-corrected chi connectivity index (χ3v) is 6.00. The Labute approximate surface area is 187 Å². The number of benzene rings is 2. The lowest BCUT2D eigenvalue weighted by atomic mass is 10.1. The van der Waals surface area contributed by atoms with Crippen LogP contribution in [0.2, 0.25) is 0 Å². The summed E-state index contributed by atoms with van der Waals surface area (Å²) in [6.45, 7) is 1.91. The molecule has 0 saturated carbocycles. The molecular weight excluding hydrogens is 428 g/mol. The van der Waals surface area contributed by atoms with Gasteiger partial charge in [-0.1, -0.05) is 30.0 Å². The lowest BCUT2D eigenvalue weighted by Gasteiger charge is -2.09. The zero-order valence-corrected chi connectivity index (χ0v) is 18.5. The van der Waals surface area contributed by atoms with E-state index in [0.29, 0.717) is 33.8 Å². The lowest BCUT2D eigenvalue weighted by Crippen LogP contribution is -2.15. The molecule has 32 heavy (non-hydrogen) atoms. The number of methoxy groups -OCH3 is 2. The first-order valence-electron chi connectivity index (χ1n) is 9.89. The number of ether oxygens (including phenoxy) is 2. The number of nitrogens with one attached hydrogen (secondary N) is 1. The van der Waals surface area contributed by atoms with E-state index in [-0.39, 0.29) is 5.56 Å². The molecule has 3 heterocycles. The van der Waals surface area contributed by atoms with Gasteiger partial charge in [-0.05, 0) is 36.8 Å². The number of hydrogen-bond acceptors (Lipinski definition) is 7. The van der Waals surface area contributed by atoms with Gasteiger partial charge >= 0.3 is 0 Å². The molecule has 0 fully saturated rings. The fraction of sp³-hybridized carbons (Fsp3) is 0.174. The Bertz CT molecular complexity index is 1470. The summed E-state index contributed by atoms with van der Waals surface area (Å²) in [6.07, 6.45) is 0. The van der Waals surface area contributed by atoms with E-state index in [1.54, 1.807) is 14.2 Å². The van der Waals surface area contributed by atoms with Crippen molar-refractivity contribution < 1.29 is 13.9 Å². The second kappa shape index (κ2) is 8.08. The van der Waals surface area contributed by atoms with E-state index in [2.05, 4.69) is 10.1 Å². The van der Waals surface area contributed by atoms with Gasteiger partial charge in [0.25, 0.3) is 10.8 Å². The fourth-order valence-corrected chi connectivity index (χ4v) is 4.39. The molecule has 0 spiro atoms. The first-order valence-corrected chi connectivity index (χ1v) is 10.9. The molecular formula is C23H20N4O4S. The SMILES string of the molecule is COc1ccc(-c2c(C)[nH]n3c(=O)cc(CSc4nc5ccccc5o4)nc23)cc1OC. The summed E-state index contributed by atoms with van der Waals surface area (Å²) in [5.74, 6) is 1.69. The van der Waals surface area contributed by atoms with Gasteiger partial charge in [-0.2, -0.15) is 0 Å². The monoisotopic (exact) mass is 448 g/mol. The average molecular weight is 449 g/mol. The fourth-order valence-electron chi connectivity index (χ4n) is 3.66. The molecule has 0 aliphatic heterocycles. The third-order valence-electron chi connectivity index (χ3n) is 5.14. The molecule has 0 unspecified atom stereocenters. The molecule has 5 rings (SSSR count). The molecule has 1 N–H and O–H groups in total. The highest BCUT2D eigenvalue weighted by Crippen LogP contribution is 2.35. The molecule has 0 saturated heterocycles. The van der Waals surface area contributed by atoms with Crippen molar-refractivity contribution in [2.24, 2.45) is 0 Å². The second-order valence-electron chi connectivity index (χ2n) is 7.16. The van der Waals surface area contributed by atoms with Crippen molar-refractivity contribution in [3.8, 4) is 22.6 Å². The molecule has 9 heteroatoms. The Morgan fingerprint density at radius 2 is 1.88 bits per heavy atom. The highest BCUT2D eigenvalue weighted by molar-refractivity contribution is 7.98. The van der Waals surface area contributed by atoms with Crippen LogP contribution in [0.1, 0.15) is 11.4 Å². The molecule has 0 aliphatic carbocycles. The molecule has 0 radical (unpaired) electrons. The maximum Gasteiger partial charge on any atom is 0.272 e. The zero-order chi connectivity index (χ0) is 22.2. The van der Waals surface area contributed by atoms with Gasteiger partial charge in [0.2, 0.25) is 0 Å². The minimum Gasteiger partial charge on any atom is -0.493 e. The van der Waals surface area contributed by atoms with Crippen molar-refractivity contribution in [1.82, 2.24) is 19.6 Å². The number of aromatic amines is 1. The molecule has 0 aliphatic rings. The minimum absolute atomic E-state index is 0.182. The number of thioether (sulfide) groups is 1. The van der Waals surface area contributed by atoms with Crippen molar-refractivity contribution >= 4 is 28.5 Å². The molecule has 5 aromatic rings. The zero-order valence-electron chi connectivity index (χ0n) is 17.7. The van der Waals surface area contributed by atoms with Crippen LogP contribution < -0.4 is 15.0 Å². The highest BCUT2D eigenvalue weighted by atomic mass is 32.2. The van der Waals surface area contributed by atoms with Gasteiger partial charge in [0.05, 0.1) is 19.9 Å². The van der Waals surface area contributed by atoms with Gasteiger partial charge in [-0.25, -0.2) is 14.5 Å². The van der Waals surface area contributed by atoms with Gasteiger partial charge in [-0.15, -0.1) is 0 Å². The molecule has 3 aromatic heterocycles. The van der Waals surface area contributed by atoms with Gasteiger partial charge in [0.15, 0.2) is 22.7 Å². The summed E-state index contributed by atoms with van der Waals surface area (Å²) in [6, 6.07) is 14.8. The molecule has 0 atom stereocenters. The maximum absolute atomic E-state index is 12.8. The summed E-state index contributed by atoms with van der Waals surface area (Å²) in [5, 5.41) is 3.65. The summed E-state index contributed by atoms with van der Waals surface area (Å²) >= 11 is 1.40. The van der Waals surface area contributed by atoms with E-state index in [1.807, 2.05) is 49.4 Å². The predicted molar refractivity (Wildman–Crippen MR) is 123 cm³/mol. The van der Waals surface area contributed by atoms with Crippen LogP contribution in [0, 0.1) is 6.92 Å². The van der Waals surface area contributed by atoms with E-state index in [1.165, 1.54) is 22.3 Å². The van der Waals surface area contributed by atoms with Gasteiger partial charge in [-0.3, -0.25) is 9.89 Å². The van der Waals surface area contributed by atoms with Crippen LogP contribution >= 0.6 is 11.8 Å². The topological polar surface area (TPSA) is 94.7 Å². The van der Waals surface area contributed by atoms with Crippen molar-refractivity contribution in [1.29, 1.82) is 0 Å². The maximum atomic E-state index is 12.8. The number of nitrogens with zero attached hydrogens (tertiary/aromatic N) is 3. The van der Waals surface area contributed by atoms with Crippen molar-refractivity contribution in [3.05, 3.63) is 70.3 Å². The lowest BCUT2D eigenvalue weighted by molar-refractivity contribution is 0.355. The molecule has 162 valence electrons. The number of hydrogen-bond donors (Lipinski definition) is 1. The molecule has 0 bridgehead atoms. The van der Waals surface area contributed by atoms with Crippen LogP contribution in [0.15, 0.2) is 63.0 Å². The summed E-state index contributed by atoms with van der Waals surface area (Å²) in [4.78, 5) is 22.0. The van der Waals surface area contributed by atoms with Crippen molar-refractivity contribution in [2.45, 2.75) is 17.9 Å². The molecule has 0 amide bonds. The van der Waals surface area contributed by atoms with Crippen LogP contribution in [0.5, 0.6) is 11.5 Å². The Morgan fingerprint density at radius 1 is 1.06 bits per heavy atom. The predicted octanol–water partition coefficient (Wildman–Crippen LogP) is 4.45. The highest BCUT2D eigenvalue weighted by Gasteiger charge is 2.17. The number of aryl methyl sites for hydroxylation is 1. The number of rotatable bonds is 6. The van der Waals surface area contributed by atoms with Crippen LogP contribution in [-0.2, 0) is 5.75 Å². The normalized spacial score (nSPS) is 11.3. The number of oxazole rings is 1. The smallest absolute Gasteiger partial charge is 0.272 e. The van der Waals surface area contributed by atoms with E-state index in [9.17, 15) is 4.79 Å². The van der Waals surface area contributed by atoms with Crippen LogP contribution in [-0.4, -0.2) is 33.8 Å². The summed E-state index contributed by atoms with van der Waals surface area (Å²) < 4.78 is 18.0. The van der Waals surface area contributed by atoms with Crippen LogP contribution in [0.25, 0.3) is 27.9 Å². The van der Waals surface area contributed by atoms with Crippen LogP contribution in [0.4, 0.5) is 0 Å². The van der Waals surface area contributed by atoms with Gasteiger partial charge < -0.3 is 13.9 Å². The van der Waals surface area contributed by atoms with Gasteiger partial charge in [0, 0.05) is 23.1 Å². The third kappa shape index (κ3) is 3.50. The number of aromatic nitrogens is 4. The average Bonchev–Trinajstić information content (AvgIpc) is 3.37. The van der Waals surface area contributed by atoms with E-state index >= 15 is 0 Å². The van der Waals surface area contributed by atoms with Crippen LogP contribution in [0.3, 0.4) is 0 Å².